The second-order valence-corrected chi connectivity index (χ2v) is 6.34. The maximum atomic E-state index is 12.6. The van der Waals surface area contributed by atoms with E-state index in [4.69, 9.17) is 4.74 Å². The van der Waals surface area contributed by atoms with Gasteiger partial charge in [-0.15, -0.1) is 0 Å². The summed E-state index contributed by atoms with van der Waals surface area (Å²) < 4.78 is 5.77. The molecule has 0 N–H and O–H groups in total. The lowest BCUT2D eigenvalue weighted by Gasteiger charge is -2.21. The largest absolute Gasteiger partial charge is 0.467 e. The van der Waals surface area contributed by atoms with E-state index in [1.165, 1.54) is 0 Å². The van der Waals surface area contributed by atoms with Crippen LogP contribution in [0, 0.1) is 13.8 Å². The van der Waals surface area contributed by atoms with Crippen LogP contribution in [-0.2, 0) is 11.3 Å². The average molecular weight is 377 g/mol. The minimum atomic E-state index is -0.0944. The third-order valence-corrected chi connectivity index (χ3v) is 4.42. The summed E-state index contributed by atoms with van der Waals surface area (Å²) in [7, 11) is 0. The predicted molar refractivity (Wildman–Crippen MR) is 106 cm³/mol. The number of nitrogens with zero attached hydrogens (tertiary/aromatic N) is 5. The predicted octanol–water partition coefficient (Wildman–Crippen LogP) is 2.98. The van der Waals surface area contributed by atoms with Crippen LogP contribution in [0.5, 0.6) is 5.88 Å². The summed E-state index contributed by atoms with van der Waals surface area (Å²) in [5.41, 5.74) is 3.21. The fourth-order valence-corrected chi connectivity index (χ4v) is 2.67. The van der Waals surface area contributed by atoms with Crippen LogP contribution in [0.2, 0.25) is 0 Å². The molecule has 144 valence electrons. The molecule has 1 aromatic carbocycles. The van der Waals surface area contributed by atoms with Crippen molar-refractivity contribution in [3.8, 4) is 17.4 Å². The maximum Gasteiger partial charge on any atom is 0.260 e. The molecule has 0 radical (unpaired) electrons. The molecule has 0 spiro atoms. The van der Waals surface area contributed by atoms with Crippen molar-refractivity contribution in [3.63, 3.8) is 0 Å². The van der Waals surface area contributed by atoms with Gasteiger partial charge in [0.05, 0.1) is 6.20 Å². The Balaban J connectivity index is 1.72. The number of hydrogen-bond donors (Lipinski definition) is 0. The van der Waals surface area contributed by atoms with Crippen LogP contribution < -0.4 is 4.74 Å². The van der Waals surface area contributed by atoms with E-state index in [1.807, 2.05) is 51.1 Å². The molecule has 1 amide bonds. The maximum absolute atomic E-state index is 12.6. The van der Waals surface area contributed by atoms with Crippen LogP contribution in [0.4, 0.5) is 0 Å². The van der Waals surface area contributed by atoms with Gasteiger partial charge >= 0.3 is 0 Å². The summed E-state index contributed by atoms with van der Waals surface area (Å²) in [6, 6.07) is 9.89. The number of hydrogen-bond acceptors (Lipinski definition) is 6. The van der Waals surface area contributed by atoms with Crippen LogP contribution in [0.3, 0.4) is 0 Å². The van der Waals surface area contributed by atoms with E-state index >= 15 is 0 Å². The molecule has 3 rings (SSSR count). The second kappa shape index (κ2) is 9.03. The zero-order valence-corrected chi connectivity index (χ0v) is 16.3. The highest BCUT2D eigenvalue weighted by Crippen LogP contribution is 2.21. The van der Waals surface area contributed by atoms with Crippen LogP contribution in [0.15, 0.2) is 48.9 Å². The molecular formula is C21H23N5O2. The van der Waals surface area contributed by atoms with E-state index in [2.05, 4.69) is 19.9 Å². The van der Waals surface area contributed by atoms with Gasteiger partial charge in [-0.2, -0.15) is 4.98 Å². The standard InChI is InChI=1S/C21H23N5O2/c1-4-26(13-17-8-6-5-7-9-17)19(27)14-28-21-15(2)16(3)24-20(25-21)18-12-22-10-11-23-18/h5-12H,4,13-14H2,1-3H3. The number of carbonyl (C=O) groups excluding carboxylic acids is 1. The fourth-order valence-electron chi connectivity index (χ4n) is 2.67. The van der Waals surface area contributed by atoms with E-state index in [-0.39, 0.29) is 12.5 Å². The number of aromatic nitrogens is 4. The molecule has 7 nitrogen and oxygen atoms in total. The van der Waals surface area contributed by atoms with Crippen molar-refractivity contribution in [1.29, 1.82) is 0 Å². The summed E-state index contributed by atoms with van der Waals surface area (Å²) in [5.74, 6) is 0.718. The lowest BCUT2D eigenvalue weighted by atomic mass is 10.2. The van der Waals surface area contributed by atoms with Crippen molar-refractivity contribution < 1.29 is 9.53 Å². The zero-order valence-electron chi connectivity index (χ0n) is 16.3. The van der Waals surface area contributed by atoms with Crippen molar-refractivity contribution in [1.82, 2.24) is 24.8 Å². The Hall–Kier alpha value is -3.35. The molecule has 0 aliphatic rings. The van der Waals surface area contributed by atoms with Crippen LogP contribution >= 0.6 is 0 Å². The first-order chi connectivity index (χ1) is 13.6. The highest BCUT2D eigenvalue weighted by atomic mass is 16.5. The molecule has 2 heterocycles. The van der Waals surface area contributed by atoms with Gasteiger partial charge in [0, 0.05) is 36.7 Å². The van der Waals surface area contributed by atoms with E-state index in [0.717, 1.165) is 16.8 Å². The van der Waals surface area contributed by atoms with Gasteiger partial charge in [-0.05, 0) is 26.3 Å². The SMILES string of the molecule is CCN(Cc1ccccc1)C(=O)COc1nc(-c2cnccn2)nc(C)c1C. The van der Waals surface area contributed by atoms with Gasteiger partial charge in [0.1, 0.15) is 5.69 Å². The van der Waals surface area contributed by atoms with Gasteiger partial charge < -0.3 is 9.64 Å². The minimum Gasteiger partial charge on any atom is -0.467 e. The Kier molecular flexibility index (Phi) is 6.26. The van der Waals surface area contributed by atoms with Gasteiger partial charge in [0.25, 0.3) is 5.91 Å². The highest BCUT2D eigenvalue weighted by molar-refractivity contribution is 5.77. The molecule has 3 aromatic rings. The van der Waals surface area contributed by atoms with Gasteiger partial charge in [0.2, 0.25) is 5.88 Å². The van der Waals surface area contributed by atoms with Crippen molar-refractivity contribution >= 4 is 5.91 Å². The van der Waals surface area contributed by atoms with Crippen molar-refractivity contribution in [2.75, 3.05) is 13.2 Å². The van der Waals surface area contributed by atoms with Crippen molar-refractivity contribution in [3.05, 3.63) is 65.7 Å². The van der Waals surface area contributed by atoms with E-state index in [0.29, 0.717) is 30.5 Å². The molecular weight excluding hydrogens is 354 g/mol. The Bertz CT molecular complexity index is 932. The Morgan fingerprint density at radius 1 is 1.11 bits per heavy atom. The molecule has 2 aromatic heterocycles. The Morgan fingerprint density at radius 3 is 2.57 bits per heavy atom. The molecule has 0 bridgehead atoms. The first-order valence-corrected chi connectivity index (χ1v) is 9.14. The molecule has 0 saturated carbocycles. The van der Waals surface area contributed by atoms with Crippen molar-refractivity contribution in [2.24, 2.45) is 0 Å². The normalized spacial score (nSPS) is 10.5. The van der Waals surface area contributed by atoms with Gasteiger partial charge in [0.15, 0.2) is 12.4 Å². The van der Waals surface area contributed by atoms with Gasteiger partial charge in [-0.3, -0.25) is 9.78 Å². The van der Waals surface area contributed by atoms with E-state index in [9.17, 15) is 4.79 Å². The monoisotopic (exact) mass is 377 g/mol. The lowest BCUT2D eigenvalue weighted by Crippen LogP contribution is -2.34. The number of amides is 1. The van der Waals surface area contributed by atoms with E-state index in [1.54, 1.807) is 23.5 Å². The van der Waals surface area contributed by atoms with Crippen LogP contribution in [0.1, 0.15) is 23.7 Å². The topological polar surface area (TPSA) is 81.1 Å². The number of ether oxygens (including phenoxy) is 1. The minimum absolute atomic E-state index is 0.0854. The van der Waals surface area contributed by atoms with Crippen LogP contribution in [-0.4, -0.2) is 43.9 Å². The summed E-state index contributed by atoms with van der Waals surface area (Å²) in [4.78, 5) is 31.6. The molecule has 28 heavy (non-hydrogen) atoms. The Labute approximate surface area is 164 Å². The number of likely N-dealkylation sites (N-methyl/N-ethyl adjacent to an activating group) is 1. The third-order valence-electron chi connectivity index (χ3n) is 4.42. The van der Waals surface area contributed by atoms with Crippen molar-refractivity contribution in [2.45, 2.75) is 27.3 Å². The quantitative estimate of drug-likeness (QED) is 0.630. The summed E-state index contributed by atoms with van der Waals surface area (Å²) >= 11 is 0. The number of carbonyl (C=O) groups is 1. The molecule has 0 fully saturated rings. The summed E-state index contributed by atoms with van der Waals surface area (Å²) in [5, 5.41) is 0. The molecule has 0 aliphatic carbocycles. The van der Waals surface area contributed by atoms with Crippen LogP contribution in [0.25, 0.3) is 11.5 Å². The smallest absolute Gasteiger partial charge is 0.260 e. The second-order valence-electron chi connectivity index (χ2n) is 6.34. The van der Waals surface area contributed by atoms with Gasteiger partial charge in [-0.25, -0.2) is 9.97 Å². The molecule has 0 unspecified atom stereocenters. The fraction of sp³-hybridized carbons (Fsp3) is 0.286. The lowest BCUT2D eigenvalue weighted by molar-refractivity contribution is -0.133. The average Bonchev–Trinajstić information content (AvgIpc) is 2.74. The number of benzene rings is 1. The zero-order chi connectivity index (χ0) is 19.9. The molecule has 0 aliphatic heterocycles. The molecule has 0 atom stereocenters. The Morgan fingerprint density at radius 2 is 1.89 bits per heavy atom. The first-order valence-electron chi connectivity index (χ1n) is 9.14. The summed E-state index contributed by atoms with van der Waals surface area (Å²) in [6.45, 7) is 6.76. The first kappa shape index (κ1) is 19.4. The number of rotatable bonds is 7. The molecule has 0 saturated heterocycles. The highest BCUT2D eigenvalue weighted by Gasteiger charge is 2.16. The summed E-state index contributed by atoms with van der Waals surface area (Å²) in [6.07, 6.45) is 4.77. The molecule has 7 heteroatoms. The number of aryl methyl sites for hydroxylation is 1. The van der Waals surface area contributed by atoms with Gasteiger partial charge in [-0.1, -0.05) is 30.3 Å². The third kappa shape index (κ3) is 4.68. The van der Waals surface area contributed by atoms with E-state index < -0.39 is 0 Å².